The first-order valence-electron chi connectivity index (χ1n) is 14.0. The molecule has 0 saturated heterocycles. The maximum atomic E-state index is 12.5. The molecule has 8 nitrogen and oxygen atoms in total. The number of anilines is 1. The van der Waals surface area contributed by atoms with Crippen LogP contribution in [0.5, 0.6) is 0 Å². The third-order valence-corrected chi connectivity index (χ3v) is 8.00. The van der Waals surface area contributed by atoms with Crippen LogP contribution in [0.15, 0.2) is 48.5 Å². The van der Waals surface area contributed by atoms with E-state index in [1.165, 1.54) is 18.4 Å². The molecular weight excluding hydrogens is 549 g/mol. The molecule has 3 N–H and O–H groups in total. The highest BCUT2D eigenvalue weighted by atomic mass is 35.5. The van der Waals surface area contributed by atoms with Crippen molar-refractivity contribution in [1.82, 2.24) is 10.2 Å². The summed E-state index contributed by atoms with van der Waals surface area (Å²) in [4.78, 5) is 35.8. The maximum absolute atomic E-state index is 12.5. The first-order chi connectivity index (χ1) is 19.1. The summed E-state index contributed by atoms with van der Waals surface area (Å²) in [6, 6.07) is 14.9. The molecule has 1 atom stereocenters. The van der Waals surface area contributed by atoms with Crippen LogP contribution in [-0.4, -0.2) is 47.3 Å². The Hall–Kier alpha value is -2.22. The minimum atomic E-state index is -2.97. The number of carbonyl (C=O) groups is 2. The van der Waals surface area contributed by atoms with E-state index in [-0.39, 0.29) is 42.8 Å². The Morgan fingerprint density at radius 2 is 1.52 bits per heavy atom. The molecule has 40 heavy (non-hydrogen) atoms. The van der Waals surface area contributed by atoms with Crippen molar-refractivity contribution < 1.29 is 23.6 Å². The van der Waals surface area contributed by atoms with E-state index in [0.717, 1.165) is 42.7 Å². The first kappa shape index (κ1) is 34.0. The van der Waals surface area contributed by atoms with Crippen LogP contribution in [0, 0.1) is 0 Å². The van der Waals surface area contributed by atoms with E-state index in [9.17, 15) is 14.2 Å². The lowest BCUT2D eigenvalue weighted by molar-refractivity contribution is -0.125. The summed E-state index contributed by atoms with van der Waals surface area (Å²) < 4.78 is 15.3. The Kier molecular flexibility index (Phi) is 14.9. The van der Waals surface area contributed by atoms with Crippen molar-refractivity contribution in [2.45, 2.75) is 89.8 Å². The fraction of sp³-hybridized carbons (Fsp3) is 0.533. The third kappa shape index (κ3) is 12.1. The molecule has 2 aromatic carbocycles. The molecule has 1 saturated carbocycles. The van der Waals surface area contributed by atoms with Crippen LogP contribution >= 0.6 is 19.9 Å². The van der Waals surface area contributed by atoms with Gasteiger partial charge in [0.1, 0.15) is 0 Å². The molecule has 10 heteroatoms. The second-order valence-electron chi connectivity index (χ2n) is 10.6. The number of likely N-dealkylation sites (N-methyl/N-ethyl adjacent to an activating group) is 1. The lowest BCUT2D eigenvalue weighted by atomic mass is 9.75. The Bertz CT molecular complexity index is 1070. The van der Waals surface area contributed by atoms with Crippen molar-refractivity contribution >= 4 is 37.4 Å². The number of unbranched alkanes of at least 4 members (excludes halogenated alkanes) is 1. The largest absolute Gasteiger partial charge is 0.353 e. The van der Waals surface area contributed by atoms with Crippen LogP contribution in [0.25, 0.3) is 0 Å². The average molecular weight is 594 g/mol. The average Bonchev–Trinajstić information content (AvgIpc) is 2.94. The summed E-state index contributed by atoms with van der Waals surface area (Å²) in [7, 11) is 1.26. The summed E-state index contributed by atoms with van der Waals surface area (Å²) in [6.07, 6.45) is 7.54. The van der Waals surface area contributed by atoms with E-state index < -0.39 is 8.25 Å². The van der Waals surface area contributed by atoms with Gasteiger partial charge in [0.05, 0.1) is 6.61 Å². The van der Waals surface area contributed by atoms with Crippen LogP contribution < -0.4 is 10.6 Å². The molecule has 1 unspecified atom stereocenters. The van der Waals surface area contributed by atoms with Gasteiger partial charge in [-0.15, -0.1) is 0 Å². The summed E-state index contributed by atoms with van der Waals surface area (Å²) >= 11 is 6.03. The van der Waals surface area contributed by atoms with Gasteiger partial charge in [-0.1, -0.05) is 62.6 Å². The van der Waals surface area contributed by atoms with Gasteiger partial charge in [-0.3, -0.25) is 14.2 Å². The smallest absolute Gasteiger partial charge is 0.316 e. The highest BCUT2D eigenvalue weighted by Crippen LogP contribution is 2.35. The van der Waals surface area contributed by atoms with Gasteiger partial charge in [-0.25, -0.2) is 0 Å². The lowest BCUT2D eigenvalue weighted by Crippen LogP contribution is -2.52. The zero-order valence-electron chi connectivity index (χ0n) is 24.2. The van der Waals surface area contributed by atoms with Gasteiger partial charge in [-0.2, -0.15) is 0 Å². The number of benzene rings is 2. The summed E-state index contributed by atoms with van der Waals surface area (Å²) in [5.41, 5.74) is 2.62. The topological polar surface area (TPSA) is 108 Å². The first-order valence-corrected chi connectivity index (χ1v) is 15.7. The van der Waals surface area contributed by atoms with E-state index in [1.807, 2.05) is 12.1 Å². The number of hydrogen-bond acceptors (Lipinski definition) is 5. The highest BCUT2D eigenvalue weighted by molar-refractivity contribution is 7.32. The Morgan fingerprint density at radius 1 is 0.975 bits per heavy atom. The molecule has 3 rings (SSSR count). The van der Waals surface area contributed by atoms with E-state index >= 15 is 0 Å². The second kappa shape index (κ2) is 17.6. The van der Waals surface area contributed by atoms with Gasteiger partial charge in [0.2, 0.25) is 11.8 Å². The normalized spacial score (nSPS) is 19.3. The zero-order valence-corrected chi connectivity index (χ0v) is 25.9. The minimum Gasteiger partial charge on any atom is -0.353 e. The summed E-state index contributed by atoms with van der Waals surface area (Å²) in [6.45, 7) is 4.39. The summed E-state index contributed by atoms with van der Waals surface area (Å²) in [5.74, 6) is -0.357. The molecule has 0 heterocycles. The fourth-order valence-electron chi connectivity index (χ4n) is 4.64. The van der Waals surface area contributed by atoms with Crippen molar-refractivity contribution in [3.05, 3.63) is 64.7 Å². The van der Waals surface area contributed by atoms with Crippen molar-refractivity contribution in [3.8, 4) is 0 Å². The molecule has 2 amide bonds. The molecule has 1 fully saturated rings. The van der Waals surface area contributed by atoms with Gasteiger partial charge in [0.15, 0.2) is 0 Å². The van der Waals surface area contributed by atoms with Crippen LogP contribution in [0.3, 0.4) is 0 Å². The van der Waals surface area contributed by atoms with Crippen molar-refractivity contribution in [3.63, 3.8) is 0 Å². The molecule has 1 aliphatic carbocycles. The number of rotatable bonds is 12. The molecular formula is C30H45ClN3O5P. The number of nitrogens with zero attached hydrogens (tertiary/aromatic N) is 1. The Morgan fingerprint density at radius 3 is 2.05 bits per heavy atom. The molecule has 2 aromatic rings. The number of nitrogens with one attached hydrogen (secondary N) is 2. The third-order valence-electron chi connectivity index (χ3n) is 7.36. The quantitative estimate of drug-likeness (QED) is 0.247. The molecule has 0 aliphatic heterocycles. The second-order valence-corrected chi connectivity index (χ2v) is 11.8. The van der Waals surface area contributed by atoms with E-state index in [0.29, 0.717) is 5.69 Å². The monoisotopic (exact) mass is 593 g/mol. The predicted octanol–water partition coefficient (Wildman–Crippen LogP) is 6.37. The van der Waals surface area contributed by atoms with Gasteiger partial charge < -0.3 is 25.0 Å². The van der Waals surface area contributed by atoms with Crippen molar-refractivity contribution in [2.24, 2.45) is 0 Å². The van der Waals surface area contributed by atoms with Gasteiger partial charge >= 0.3 is 8.25 Å². The van der Waals surface area contributed by atoms with Gasteiger partial charge in [-0.05, 0) is 81.6 Å². The molecule has 0 radical (unpaired) electrons. The zero-order chi connectivity index (χ0) is 29.5. The number of hydrogen-bond donors (Lipinski definition) is 3. The van der Waals surface area contributed by atoms with Crippen LogP contribution in [0.4, 0.5) is 5.69 Å². The molecule has 0 bridgehead atoms. The van der Waals surface area contributed by atoms with Gasteiger partial charge in [0, 0.05) is 35.1 Å². The number of carbonyl (C=O) groups excluding carboxylic acids is 2. The molecule has 0 spiro atoms. The summed E-state index contributed by atoms with van der Waals surface area (Å²) in [5, 5.41) is 6.61. The predicted molar refractivity (Wildman–Crippen MR) is 163 cm³/mol. The molecule has 222 valence electrons. The van der Waals surface area contributed by atoms with E-state index in [2.05, 4.69) is 55.6 Å². The molecule has 1 aliphatic rings. The van der Waals surface area contributed by atoms with Crippen LogP contribution in [0.2, 0.25) is 5.02 Å². The minimum absolute atomic E-state index is 0.0284. The van der Waals surface area contributed by atoms with Crippen LogP contribution in [-0.2, 0) is 31.7 Å². The number of halogens is 1. The highest BCUT2D eigenvalue weighted by Gasteiger charge is 2.37. The van der Waals surface area contributed by atoms with Crippen molar-refractivity contribution in [1.29, 1.82) is 0 Å². The number of amides is 2. The van der Waals surface area contributed by atoms with Crippen molar-refractivity contribution in [2.75, 3.05) is 19.4 Å². The van der Waals surface area contributed by atoms with E-state index in [4.69, 9.17) is 21.0 Å². The van der Waals surface area contributed by atoms with E-state index in [1.54, 1.807) is 24.3 Å². The molecule has 0 aromatic heterocycles. The SMILES string of the molecule is CCCC.CN(C)C1(Cc2ccc(Cl)cc2)CCC(NC(=O)CCC(=O)Nc2ccc(CO[PH](=O)O)cc2)CC1. The van der Waals surface area contributed by atoms with Gasteiger partial charge in [0.25, 0.3) is 0 Å². The van der Waals surface area contributed by atoms with Crippen LogP contribution in [0.1, 0.15) is 76.3 Å². The lowest BCUT2D eigenvalue weighted by Gasteiger charge is -2.45. The maximum Gasteiger partial charge on any atom is 0.316 e. The Labute approximate surface area is 244 Å². The fourth-order valence-corrected chi connectivity index (χ4v) is 5.06. The Balaban J connectivity index is 0.00000131. The standard InChI is InChI=1S/C26H35ClN3O5P.C4H10/c1-30(2)26(17-19-3-7-21(27)8-4-19)15-13-23(14-16-26)29-25(32)12-11-24(31)28-22-9-5-20(6-10-22)18-35-36(33)34;1-3-4-2/h3-10,23,36H,11-18H2,1-2H3,(H,28,31)(H,29,32)(H,33,34);3-4H2,1-2H3.